The van der Waals surface area contributed by atoms with E-state index in [1.807, 2.05) is 35.7 Å². The zero-order chi connectivity index (χ0) is 15.4. The van der Waals surface area contributed by atoms with E-state index in [2.05, 4.69) is 15.5 Å². The minimum atomic E-state index is -0.896. The van der Waals surface area contributed by atoms with Gasteiger partial charge in [0.2, 0.25) is 5.91 Å². The summed E-state index contributed by atoms with van der Waals surface area (Å²) in [5.74, 6) is -0.648. The number of amides is 1. The second-order valence-electron chi connectivity index (χ2n) is 5.18. The molecule has 2 unspecified atom stereocenters. The summed E-state index contributed by atoms with van der Waals surface area (Å²) >= 11 is 0. The van der Waals surface area contributed by atoms with E-state index in [-0.39, 0.29) is 30.7 Å². The molecule has 1 amide bonds. The van der Waals surface area contributed by atoms with Gasteiger partial charge >= 0.3 is 5.97 Å². The standard InChI is InChI=1S/C14H18N4O3/c1-9(8-13(20)21)7-12(19)15-10(2)14-17-16-11-5-3-4-6-18(11)14/h3-6,9-10H,7-8H2,1-2H3,(H,15,19)(H,20,21). The summed E-state index contributed by atoms with van der Waals surface area (Å²) in [7, 11) is 0. The number of carboxylic acids is 1. The Labute approximate surface area is 122 Å². The number of nitrogens with zero attached hydrogens (tertiary/aromatic N) is 3. The summed E-state index contributed by atoms with van der Waals surface area (Å²) in [6, 6.07) is 5.26. The minimum absolute atomic E-state index is 0.0182. The molecule has 0 radical (unpaired) electrons. The molecule has 2 N–H and O–H groups in total. The molecule has 7 heteroatoms. The van der Waals surface area contributed by atoms with Crippen molar-refractivity contribution in [2.24, 2.45) is 5.92 Å². The molecule has 0 saturated heterocycles. The number of carboxylic acid groups (broad SMARTS) is 1. The molecule has 2 atom stereocenters. The molecule has 0 aliphatic carbocycles. The SMILES string of the molecule is CC(CC(=O)O)CC(=O)NC(C)c1nnc2ccccn12. The van der Waals surface area contributed by atoms with Crippen molar-refractivity contribution in [2.45, 2.75) is 32.7 Å². The predicted molar refractivity (Wildman–Crippen MR) is 75.6 cm³/mol. The maximum absolute atomic E-state index is 11.9. The van der Waals surface area contributed by atoms with Crippen molar-refractivity contribution in [3.63, 3.8) is 0 Å². The zero-order valence-corrected chi connectivity index (χ0v) is 12.0. The van der Waals surface area contributed by atoms with Gasteiger partial charge in [0, 0.05) is 19.0 Å². The summed E-state index contributed by atoms with van der Waals surface area (Å²) in [4.78, 5) is 22.5. The van der Waals surface area contributed by atoms with Gasteiger partial charge in [0.15, 0.2) is 11.5 Å². The first kappa shape index (κ1) is 15.0. The van der Waals surface area contributed by atoms with Gasteiger partial charge in [0.25, 0.3) is 0 Å². The Morgan fingerprint density at radius 2 is 2.05 bits per heavy atom. The Bertz CT molecular complexity index is 652. The summed E-state index contributed by atoms with van der Waals surface area (Å²) in [5, 5.41) is 19.6. The minimum Gasteiger partial charge on any atom is -0.481 e. The number of rotatable bonds is 6. The number of hydrogen-bond acceptors (Lipinski definition) is 4. The Hall–Kier alpha value is -2.44. The molecule has 0 fully saturated rings. The monoisotopic (exact) mass is 290 g/mol. The molecule has 2 aromatic rings. The third-order valence-electron chi connectivity index (χ3n) is 3.16. The fraction of sp³-hybridized carbons (Fsp3) is 0.429. The van der Waals surface area contributed by atoms with Crippen molar-refractivity contribution in [1.82, 2.24) is 19.9 Å². The number of fused-ring (bicyclic) bond motifs is 1. The van der Waals surface area contributed by atoms with Gasteiger partial charge in [0.05, 0.1) is 6.04 Å². The Morgan fingerprint density at radius 1 is 1.29 bits per heavy atom. The highest BCUT2D eigenvalue weighted by atomic mass is 16.4. The lowest BCUT2D eigenvalue weighted by Crippen LogP contribution is -2.29. The largest absolute Gasteiger partial charge is 0.481 e. The van der Waals surface area contributed by atoms with Gasteiger partial charge in [-0.15, -0.1) is 10.2 Å². The van der Waals surface area contributed by atoms with Crippen molar-refractivity contribution < 1.29 is 14.7 Å². The van der Waals surface area contributed by atoms with Crippen LogP contribution in [0.3, 0.4) is 0 Å². The molecule has 2 heterocycles. The van der Waals surface area contributed by atoms with Crippen LogP contribution < -0.4 is 5.32 Å². The van der Waals surface area contributed by atoms with E-state index < -0.39 is 5.97 Å². The number of hydrogen-bond donors (Lipinski definition) is 2. The average molecular weight is 290 g/mol. The van der Waals surface area contributed by atoms with Gasteiger partial charge in [-0.25, -0.2) is 0 Å². The van der Waals surface area contributed by atoms with E-state index in [9.17, 15) is 9.59 Å². The summed E-state index contributed by atoms with van der Waals surface area (Å²) < 4.78 is 1.81. The van der Waals surface area contributed by atoms with Crippen LogP contribution in [0.2, 0.25) is 0 Å². The number of pyridine rings is 1. The third kappa shape index (κ3) is 3.77. The summed E-state index contributed by atoms with van der Waals surface area (Å²) in [6.07, 6.45) is 1.99. The van der Waals surface area contributed by atoms with Crippen LogP contribution >= 0.6 is 0 Å². The number of carbonyl (C=O) groups excluding carboxylic acids is 1. The Balaban J connectivity index is 1.99. The van der Waals surface area contributed by atoms with Crippen molar-refractivity contribution >= 4 is 17.5 Å². The van der Waals surface area contributed by atoms with Gasteiger partial charge < -0.3 is 10.4 Å². The molecule has 0 spiro atoms. The van der Waals surface area contributed by atoms with Crippen LogP contribution in [0.15, 0.2) is 24.4 Å². The van der Waals surface area contributed by atoms with E-state index in [1.54, 1.807) is 6.92 Å². The van der Waals surface area contributed by atoms with E-state index in [0.717, 1.165) is 0 Å². The fourth-order valence-corrected chi connectivity index (χ4v) is 2.21. The van der Waals surface area contributed by atoms with Crippen LogP contribution in [0.4, 0.5) is 0 Å². The molecule has 0 saturated carbocycles. The predicted octanol–water partition coefficient (Wildman–Crippen LogP) is 1.41. The smallest absolute Gasteiger partial charge is 0.303 e. The number of nitrogens with one attached hydrogen (secondary N) is 1. The topological polar surface area (TPSA) is 96.6 Å². The van der Waals surface area contributed by atoms with Crippen LogP contribution in [0.25, 0.3) is 5.65 Å². The fourth-order valence-electron chi connectivity index (χ4n) is 2.21. The molecule has 0 aromatic carbocycles. The molecule has 21 heavy (non-hydrogen) atoms. The molecule has 0 bridgehead atoms. The molecule has 7 nitrogen and oxygen atoms in total. The molecule has 2 rings (SSSR count). The Kier molecular flexibility index (Phi) is 4.52. The second kappa shape index (κ2) is 6.34. The van der Waals surface area contributed by atoms with Crippen LogP contribution in [0.5, 0.6) is 0 Å². The third-order valence-corrected chi connectivity index (χ3v) is 3.16. The average Bonchev–Trinajstić information content (AvgIpc) is 2.80. The van der Waals surface area contributed by atoms with E-state index in [0.29, 0.717) is 11.5 Å². The Morgan fingerprint density at radius 3 is 2.76 bits per heavy atom. The van der Waals surface area contributed by atoms with E-state index >= 15 is 0 Å². The van der Waals surface area contributed by atoms with Crippen molar-refractivity contribution in [1.29, 1.82) is 0 Å². The lowest BCUT2D eigenvalue weighted by molar-refractivity contribution is -0.138. The number of aliphatic carboxylic acids is 1. The van der Waals surface area contributed by atoms with Crippen molar-refractivity contribution in [2.75, 3.05) is 0 Å². The van der Waals surface area contributed by atoms with E-state index in [4.69, 9.17) is 5.11 Å². The van der Waals surface area contributed by atoms with Gasteiger partial charge in [-0.05, 0) is 25.0 Å². The van der Waals surface area contributed by atoms with Gasteiger partial charge in [-0.3, -0.25) is 14.0 Å². The van der Waals surface area contributed by atoms with Gasteiger partial charge in [0.1, 0.15) is 0 Å². The second-order valence-corrected chi connectivity index (χ2v) is 5.18. The summed E-state index contributed by atoms with van der Waals surface area (Å²) in [5.41, 5.74) is 0.716. The highest BCUT2D eigenvalue weighted by Crippen LogP contribution is 2.13. The zero-order valence-electron chi connectivity index (χ0n) is 12.0. The first-order valence-electron chi connectivity index (χ1n) is 6.78. The maximum Gasteiger partial charge on any atom is 0.303 e. The molecule has 112 valence electrons. The van der Waals surface area contributed by atoms with Crippen LogP contribution in [-0.4, -0.2) is 31.6 Å². The maximum atomic E-state index is 11.9. The van der Waals surface area contributed by atoms with E-state index in [1.165, 1.54) is 0 Å². The summed E-state index contributed by atoms with van der Waals surface area (Å²) in [6.45, 7) is 3.56. The van der Waals surface area contributed by atoms with Crippen LogP contribution in [0, 0.1) is 5.92 Å². The normalized spacial score (nSPS) is 13.8. The number of carbonyl (C=O) groups is 2. The van der Waals surface area contributed by atoms with Gasteiger partial charge in [-0.2, -0.15) is 0 Å². The van der Waals surface area contributed by atoms with Gasteiger partial charge in [-0.1, -0.05) is 13.0 Å². The molecular formula is C14H18N4O3. The van der Waals surface area contributed by atoms with Crippen molar-refractivity contribution in [3.05, 3.63) is 30.2 Å². The molecule has 0 aliphatic heterocycles. The molecular weight excluding hydrogens is 272 g/mol. The number of aromatic nitrogens is 3. The van der Waals surface area contributed by atoms with Crippen LogP contribution in [-0.2, 0) is 9.59 Å². The quantitative estimate of drug-likeness (QED) is 0.838. The first-order valence-corrected chi connectivity index (χ1v) is 6.78. The molecule has 2 aromatic heterocycles. The lowest BCUT2D eigenvalue weighted by Gasteiger charge is -2.14. The van der Waals surface area contributed by atoms with Crippen molar-refractivity contribution in [3.8, 4) is 0 Å². The highest BCUT2D eigenvalue weighted by Gasteiger charge is 2.18. The first-order chi connectivity index (χ1) is 9.97. The van der Waals surface area contributed by atoms with Crippen LogP contribution in [0.1, 0.15) is 38.6 Å². The highest BCUT2D eigenvalue weighted by molar-refractivity contribution is 5.77. The lowest BCUT2D eigenvalue weighted by atomic mass is 10.0. The molecule has 0 aliphatic rings.